The Balaban J connectivity index is 1.65. The number of ether oxygens (including phenoxy) is 2. The lowest BCUT2D eigenvalue weighted by molar-refractivity contribution is 0.284. The van der Waals surface area contributed by atoms with Crippen LogP contribution in [-0.4, -0.2) is 22.0 Å². The molecule has 1 heterocycles. The van der Waals surface area contributed by atoms with Crippen LogP contribution in [0.2, 0.25) is 5.02 Å². The predicted molar refractivity (Wildman–Crippen MR) is 91.9 cm³/mol. The molecule has 0 aliphatic heterocycles. The first-order chi connectivity index (χ1) is 11.7. The molecule has 1 N–H and O–H groups in total. The SMILES string of the molecule is COc1cc(CNn2cnnc2)ccc1OCc1cccc(Cl)c1. The van der Waals surface area contributed by atoms with Gasteiger partial charge in [-0.2, -0.15) is 0 Å². The normalized spacial score (nSPS) is 10.4. The largest absolute Gasteiger partial charge is 0.493 e. The van der Waals surface area contributed by atoms with Gasteiger partial charge in [0.15, 0.2) is 11.5 Å². The van der Waals surface area contributed by atoms with E-state index in [-0.39, 0.29) is 0 Å². The van der Waals surface area contributed by atoms with Gasteiger partial charge in [0.25, 0.3) is 0 Å². The van der Waals surface area contributed by atoms with Gasteiger partial charge in [-0.3, -0.25) is 0 Å². The molecule has 124 valence electrons. The highest BCUT2D eigenvalue weighted by molar-refractivity contribution is 6.30. The van der Waals surface area contributed by atoms with Crippen molar-refractivity contribution < 1.29 is 9.47 Å². The number of hydrogen-bond donors (Lipinski definition) is 1. The summed E-state index contributed by atoms with van der Waals surface area (Å²) >= 11 is 5.98. The van der Waals surface area contributed by atoms with E-state index in [2.05, 4.69) is 15.6 Å². The average Bonchev–Trinajstić information content (AvgIpc) is 3.12. The fourth-order valence-electron chi connectivity index (χ4n) is 2.19. The van der Waals surface area contributed by atoms with E-state index in [1.807, 2.05) is 42.5 Å². The second kappa shape index (κ2) is 7.70. The Labute approximate surface area is 145 Å². The number of benzene rings is 2. The summed E-state index contributed by atoms with van der Waals surface area (Å²) in [6.45, 7) is 1.04. The maximum atomic E-state index is 5.98. The molecule has 0 aliphatic rings. The molecule has 24 heavy (non-hydrogen) atoms. The van der Waals surface area contributed by atoms with E-state index < -0.39 is 0 Å². The van der Waals surface area contributed by atoms with Crippen LogP contribution in [0.25, 0.3) is 0 Å². The highest BCUT2D eigenvalue weighted by atomic mass is 35.5. The summed E-state index contributed by atoms with van der Waals surface area (Å²) in [5, 5.41) is 8.17. The molecule has 3 rings (SSSR count). The first-order valence-corrected chi connectivity index (χ1v) is 7.75. The van der Waals surface area contributed by atoms with Crippen LogP contribution in [0.4, 0.5) is 0 Å². The third-order valence-electron chi connectivity index (χ3n) is 3.40. The van der Waals surface area contributed by atoms with E-state index >= 15 is 0 Å². The number of methoxy groups -OCH3 is 1. The molecule has 2 aromatic carbocycles. The highest BCUT2D eigenvalue weighted by Crippen LogP contribution is 2.29. The molecule has 0 radical (unpaired) electrons. The summed E-state index contributed by atoms with van der Waals surface area (Å²) < 4.78 is 13.0. The van der Waals surface area contributed by atoms with E-state index in [9.17, 15) is 0 Å². The zero-order chi connectivity index (χ0) is 16.8. The van der Waals surface area contributed by atoms with Crippen LogP contribution in [0, 0.1) is 0 Å². The van der Waals surface area contributed by atoms with Crippen molar-refractivity contribution in [2.45, 2.75) is 13.2 Å². The van der Waals surface area contributed by atoms with Crippen LogP contribution in [0.5, 0.6) is 11.5 Å². The third-order valence-corrected chi connectivity index (χ3v) is 3.63. The molecule has 3 aromatic rings. The lowest BCUT2D eigenvalue weighted by atomic mass is 10.2. The predicted octanol–water partition coefficient (Wildman–Crippen LogP) is 3.26. The molecule has 0 fully saturated rings. The fourth-order valence-corrected chi connectivity index (χ4v) is 2.41. The summed E-state index contributed by atoms with van der Waals surface area (Å²) in [5.41, 5.74) is 5.21. The Morgan fingerprint density at radius 2 is 1.88 bits per heavy atom. The molecule has 0 saturated heterocycles. The summed E-state index contributed by atoms with van der Waals surface area (Å²) in [5.74, 6) is 1.37. The molecule has 0 atom stereocenters. The van der Waals surface area contributed by atoms with Gasteiger partial charge < -0.3 is 14.9 Å². The summed E-state index contributed by atoms with van der Waals surface area (Å²) in [6.07, 6.45) is 3.19. The smallest absolute Gasteiger partial charge is 0.161 e. The van der Waals surface area contributed by atoms with Crippen molar-refractivity contribution in [1.82, 2.24) is 14.9 Å². The molecule has 1 aromatic heterocycles. The second-order valence-corrected chi connectivity index (χ2v) is 5.54. The number of nitrogens with one attached hydrogen (secondary N) is 1. The molecule has 0 amide bonds. The minimum Gasteiger partial charge on any atom is -0.493 e. The molecular weight excluding hydrogens is 328 g/mol. The Bertz CT molecular complexity index is 793. The van der Waals surface area contributed by atoms with Crippen LogP contribution in [0.1, 0.15) is 11.1 Å². The quantitative estimate of drug-likeness (QED) is 0.712. The van der Waals surface area contributed by atoms with Crippen molar-refractivity contribution in [2.75, 3.05) is 12.5 Å². The maximum Gasteiger partial charge on any atom is 0.161 e. The van der Waals surface area contributed by atoms with E-state index in [1.165, 1.54) is 0 Å². The van der Waals surface area contributed by atoms with Crippen LogP contribution in [0.3, 0.4) is 0 Å². The third kappa shape index (κ3) is 4.17. The van der Waals surface area contributed by atoms with Gasteiger partial charge in [-0.15, -0.1) is 10.2 Å². The number of aromatic nitrogens is 3. The standard InChI is InChI=1S/C17H17ClN4O2/c1-23-17-8-13(9-21-22-11-19-20-12-22)5-6-16(17)24-10-14-3-2-4-15(18)7-14/h2-8,11-12,21H,9-10H2,1H3. The van der Waals surface area contributed by atoms with Crippen molar-refractivity contribution in [3.63, 3.8) is 0 Å². The van der Waals surface area contributed by atoms with Gasteiger partial charge in [0.05, 0.1) is 13.7 Å². The molecule has 0 spiro atoms. The van der Waals surface area contributed by atoms with Gasteiger partial charge >= 0.3 is 0 Å². The summed E-state index contributed by atoms with van der Waals surface area (Å²) in [7, 11) is 1.62. The summed E-state index contributed by atoms with van der Waals surface area (Å²) in [6, 6.07) is 13.4. The van der Waals surface area contributed by atoms with Crippen molar-refractivity contribution in [3.8, 4) is 11.5 Å². The Morgan fingerprint density at radius 1 is 1.04 bits per heavy atom. The number of rotatable bonds is 7. The topological polar surface area (TPSA) is 61.2 Å². The van der Waals surface area contributed by atoms with Gasteiger partial charge in [0, 0.05) is 5.02 Å². The van der Waals surface area contributed by atoms with Crippen LogP contribution in [0.15, 0.2) is 55.1 Å². The van der Waals surface area contributed by atoms with Gasteiger partial charge in [0.1, 0.15) is 19.3 Å². The number of halogens is 1. The van der Waals surface area contributed by atoms with Gasteiger partial charge in [-0.05, 0) is 35.4 Å². The molecule has 0 bridgehead atoms. The fraction of sp³-hybridized carbons (Fsp3) is 0.176. The molecule has 6 nitrogen and oxygen atoms in total. The van der Waals surface area contributed by atoms with Crippen LogP contribution >= 0.6 is 11.6 Å². The minimum absolute atomic E-state index is 0.426. The first kappa shape index (κ1) is 16.1. The Kier molecular flexibility index (Phi) is 5.18. The maximum absolute atomic E-state index is 5.98. The Hall–Kier alpha value is -2.73. The Morgan fingerprint density at radius 3 is 2.62 bits per heavy atom. The van der Waals surface area contributed by atoms with E-state index in [4.69, 9.17) is 21.1 Å². The highest BCUT2D eigenvalue weighted by Gasteiger charge is 2.07. The van der Waals surface area contributed by atoms with Gasteiger partial charge in [0.2, 0.25) is 0 Å². The molecule has 0 aliphatic carbocycles. The molecule has 0 saturated carbocycles. The number of nitrogens with zero attached hydrogens (tertiary/aromatic N) is 3. The van der Waals surface area contributed by atoms with Gasteiger partial charge in [-0.1, -0.05) is 29.8 Å². The average molecular weight is 345 g/mol. The van der Waals surface area contributed by atoms with Crippen LogP contribution in [-0.2, 0) is 13.2 Å². The zero-order valence-electron chi connectivity index (χ0n) is 13.1. The first-order valence-electron chi connectivity index (χ1n) is 7.37. The minimum atomic E-state index is 0.426. The van der Waals surface area contributed by atoms with E-state index in [0.29, 0.717) is 29.7 Å². The van der Waals surface area contributed by atoms with Crippen molar-refractivity contribution in [3.05, 3.63) is 71.3 Å². The van der Waals surface area contributed by atoms with Crippen molar-refractivity contribution in [1.29, 1.82) is 0 Å². The number of hydrogen-bond acceptors (Lipinski definition) is 5. The van der Waals surface area contributed by atoms with E-state index in [0.717, 1.165) is 11.1 Å². The second-order valence-electron chi connectivity index (χ2n) is 5.11. The monoisotopic (exact) mass is 344 g/mol. The summed E-state index contributed by atoms with van der Waals surface area (Å²) in [4.78, 5) is 0. The molecule has 7 heteroatoms. The van der Waals surface area contributed by atoms with Crippen LogP contribution < -0.4 is 14.9 Å². The lowest BCUT2D eigenvalue weighted by Crippen LogP contribution is -2.12. The van der Waals surface area contributed by atoms with E-state index in [1.54, 1.807) is 24.4 Å². The van der Waals surface area contributed by atoms with Gasteiger partial charge in [-0.25, -0.2) is 4.68 Å². The zero-order valence-corrected chi connectivity index (χ0v) is 13.9. The van der Waals surface area contributed by atoms with Crippen molar-refractivity contribution >= 4 is 11.6 Å². The van der Waals surface area contributed by atoms with Crippen molar-refractivity contribution in [2.24, 2.45) is 0 Å². The molecular formula is C17H17ClN4O2. The lowest BCUT2D eigenvalue weighted by Gasteiger charge is -2.13. The molecule has 0 unspecified atom stereocenters.